The van der Waals surface area contributed by atoms with Gasteiger partial charge in [-0.05, 0) is 18.2 Å². The van der Waals surface area contributed by atoms with Crippen LogP contribution in [0.4, 0.5) is 11.4 Å². The summed E-state index contributed by atoms with van der Waals surface area (Å²) in [6.45, 7) is 4.29. The van der Waals surface area contributed by atoms with E-state index in [4.69, 9.17) is 5.73 Å². The van der Waals surface area contributed by atoms with Crippen molar-refractivity contribution in [3.8, 4) is 0 Å². The van der Waals surface area contributed by atoms with Crippen LogP contribution in [0.1, 0.15) is 10.4 Å². The summed E-state index contributed by atoms with van der Waals surface area (Å²) in [6, 6.07) is 5.13. The smallest absolute Gasteiger partial charge is 0.251 e. The molecule has 0 saturated heterocycles. The summed E-state index contributed by atoms with van der Waals surface area (Å²) in [5.41, 5.74) is 7.68. The highest BCUT2D eigenvalue weighted by Crippen LogP contribution is 2.20. The molecular formula is C11H14BrN3O. The number of rotatable bonds is 4. The SMILES string of the molecule is C=C(Br)CNc1ccc(C(=O)NC)cc1N. The highest BCUT2D eigenvalue weighted by atomic mass is 79.9. The zero-order valence-corrected chi connectivity index (χ0v) is 10.6. The number of carbonyl (C=O) groups is 1. The van der Waals surface area contributed by atoms with Crippen molar-refractivity contribution in [2.45, 2.75) is 0 Å². The molecule has 5 heteroatoms. The molecule has 0 aliphatic carbocycles. The summed E-state index contributed by atoms with van der Waals surface area (Å²) in [5, 5.41) is 5.64. The number of hydrogen-bond donors (Lipinski definition) is 3. The minimum absolute atomic E-state index is 0.150. The molecule has 0 aromatic heterocycles. The van der Waals surface area contributed by atoms with E-state index in [9.17, 15) is 4.79 Å². The third-order valence-electron chi connectivity index (χ3n) is 2.01. The van der Waals surface area contributed by atoms with Crippen LogP contribution in [0, 0.1) is 0 Å². The van der Waals surface area contributed by atoms with E-state index in [-0.39, 0.29) is 5.91 Å². The van der Waals surface area contributed by atoms with Gasteiger partial charge in [0, 0.05) is 23.6 Å². The number of benzene rings is 1. The van der Waals surface area contributed by atoms with Crippen molar-refractivity contribution in [1.29, 1.82) is 0 Å². The summed E-state index contributed by atoms with van der Waals surface area (Å²) in [6.07, 6.45) is 0. The molecule has 16 heavy (non-hydrogen) atoms. The van der Waals surface area contributed by atoms with E-state index in [2.05, 4.69) is 33.1 Å². The lowest BCUT2D eigenvalue weighted by molar-refractivity contribution is 0.0963. The van der Waals surface area contributed by atoms with Gasteiger partial charge in [-0.3, -0.25) is 4.79 Å². The summed E-state index contributed by atoms with van der Waals surface area (Å²) in [5.74, 6) is -0.150. The molecule has 0 fully saturated rings. The lowest BCUT2D eigenvalue weighted by Gasteiger charge is -2.09. The van der Waals surface area contributed by atoms with Crippen LogP contribution in [0.25, 0.3) is 0 Å². The third kappa shape index (κ3) is 3.27. The number of halogens is 1. The zero-order valence-electron chi connectivity index (χ0n) is 9.01. The molecule has 0 heterocycles. The summed E-state index contributed by atoms with van der Waals surface area (Å²) < 4.78 is 0.835. The van der Waals surface area contributed by atoms with Crippen LogP contribution >= 0.6 is 15.9 Å². The van der Waals surface area contributed by atoms with Gasteiger partial charge in [-0.25, -0.2) is 0 Å². The fraction of sp³-hybridized carbons (Fsp3) is 0.182. The van der Waals surface area contributed by atoms with Gasteiger partial charge in [0.15, 0.2) is 0 Å². The van der Waals surface area contributed by atoms with E-state index in [1.807, 2.05) is 0 Å². The number of carbonyl (C=O) groups excluding carboxylic acids is 1. The minimum atomic E-state index is -0.150. The first-order chi connectivity index (χ1) is 7.54. The van der Waals surface area contributed by atoms with E-state index in [0.29, 0.717) is 17.8 Å². The van der Waals surface area contributed by atoms with Gasteiger partial charge >= 0.3 is 0 Å². The Hall–Kier alpha value is -1.49. The number of amides is 1. The van der Waals surface area contributed by atoms with Crippen LogP contribution in [0.5, 0.6) is 0 Å². The lowest BCUT2D eigenvalue weighted by Crippen LogP contribution is -2.18. The standard InChI is InChI=1S/C11H14BrN3O/c1-7(12)6-15-10-4-3-8(5-9(10)13)11(16)14-2/h3-5,15H,1,6,13H2,2H3,(H,14,16). The van der Waals surface area contributed by atoms with Crippen LogP contribution in [-0.4, -0.2) is 19.5 Å². The molecular weight excluding hydrogens is 270 g/mol. The Kier molecular flexibility index (Phi) is 4.37. The molecule has 86 valence electrons. The molecule has 0 unspecified atom stereocenters. The van der Waals surface area contributed by atoms with Crippen molar-refractivity contribution < 1.29 is 4.79 Å². The van der Waals surface area contributed by atoms with Gasteiger partial charge in [0.1, 0.15) is 0 Å². The molecule has 1 amide bonds. The highest BCUT2D eigenvalue weighted by Gasteiger charge is 2.05. The molecule has 0 atom stereocenters. The maximum absolute atomic E-state index is 11.3. The Labute approximate surface area is 103 Å². The Balaban J connectivity index is 2.83. The van der Waals surface area contributed by atoms with Crippen molar-refractivity contribution in [3.05, 3.63) is 34.8 Å². The molecule has 4 nitrogen and oxygen atoms in total. The van der Waals surface area contributed by atoms with Crippen molar-refractivity contribution in [2.75, 3.05) is 24.6 Å². The van der Waals surface area contributed by atoms with Gasteiger partial charge in [0.2, 0.25) is 0 Å². The second-order valence-corrected chi connectivity index (χ2v) is 4.37. The van der Waals surface area contributed by atoms with Crippen molar-refractivity contribution in [1.82, 2.24) is 5.32 Å². The fourth-order valence-corrected chi connectivity index (χ4v) is 1.34. The molecule has 0 spiro atoms. The number of anilines is 2. The topological polar surface area (TPSA) is 67.2 Å². The first-order valence-electron chi connectivity index (χ1n) is 4.73. The minimum Gasteiger partial charge on any atom is -0.397 e. The lowest BCUT2D eigenvalue weighted by atomic mass is 10.1. The number of hydrogen-bond acceptors (Lipinski definition) is 3. The Morgan fingerprint density at radius 1 is 1.56 bits per heavy atom. The van der Waals surface area contributed by atoms with Crippen LogP contribution < -0.4 is 16.4 Å². The first-order valence-corrected chi connectivity index (χ1v) is 5.52. The Bertz CT molecular complexity index is 418. The third-order valence-corrected chi connectivity index (χ3v) is 2.29. The highest BCUT2D eigenvalue weighted by molar-refractivity contribution is 9.11. The van der Waals surface area contributed by atoms with E-state index in [1.165, 1.54) is 0 Å². The maximum Gasteiger partial charge on any atom is 0.251 e. The van der Waals surface area contributed by atoms with Gasteiger partial charge in [-0.2, -0.15) is 0 Å². The van der Waals surface area contributed by atoms with Gasteiger partial charge in [0.05, 0.1) is 11.4 Å². The number of nitrogens with one attached hydrogen (secondary N) is 2. The summed E-state index contributed by atoms with van der Waals surface area (Å²) >= 11 is 3.24. The molecule has 1 aromatic rings. The predicted molar refractivity (Wildman–Crippen MR) is 70.8 cm³/mol. The van der Waals surface area contributed by atoms with Crippen molar-refractivity contribution in [2.24, 2.45) is 0 Å². The molecule has 0 aliphatic heterocycles. The average molecular weight is 284 g/mol. The zero-order chi connectivity index (χ0) is 12.1. The second-order valence-electron chi connectivity index (χ2n) is 3.25. The van der Waals surface area contributed by atoms with Crippen LogP contribution in [0.2, 0.25) is 0 Å². The quantitative estimate of drug-likeness (QED) is 0.740. The van der Waals surface area contributed by atoms with E-state index in [0.717, 1.165) is 10.2 Å². The predicted octanol–water partition coefficient (Wildman–Crippen LogP) is 1.95. The Morgan fingerprint density at radius 2 is 2.25 bits per heavy atom. The number of nitrogen functional groups attached to an aromatic ring is 1. The normalized spacial score (nSPS) is 9.62. The largest absolute Gasteiger partial charge is 0.397 e. The summed E-state index contributed by atoms with van der Waals surface area (Å²) in [4.78, 5) is 11.3. The number of nitrogens with two attached hydrogens (primary N) is 1. The van der Waals surface area contributed by atoms with Gasteiger partial charge in [-0.15, -0.1) is 0 Å². The van der Waals surface area contributed by atoms with E-state index < -0.39 is 0 Å². The molecule has 0 saturated carbocycles. The van der Waals surface area contributed by atoms with Gasteiger partial charge in [0.25, 0.3) is 5.91 Å². The Morgan fingerprint density at radius 3 is 2.75 bits per heavy atom. The van der Waals surface area contributed by atoms with Crippen LogP contribution in [0.3, 0.4) is 0 Å². The average Bonchev–Trinajstić information content (AvgIpc) is 2.26. The van der Waals surface area contributed by atoms with Crippen molar-refractivity contribution >= 4 is 33.2 Å². The molecule has 1 rings (SSSR count). The maximum atomic E-state index is 11.3. The second kappa shape index (κ2) is 5.55. The van der Waals surface area contributed by atoms with Gasteiger partial charge < -0.3 is 16.4 Å². The molecule has 1 aromatic carbocycles. The van der Waals surface area contributed by atoms with E-state index >= 15 is 0 Å². The van der Waals surface area contributed by atoms with E-state index in [1.54, 1.807) is 25.2 Å². The van der Waals surface area contributed by atoms with Gasteiger partial charge in [-0.1, -0.05) is 22.5 Å². The first kappa shape index (κ1) is 12.6. The van der Waals surface area contributed by atoms with Crippen LogP contribution in [-0.2, 0) is 0 Å². The monoisotopic (exact) mass is 283 g/mol. The summed E-state index contributed by atoms with van der Waals surface area (Å²) in [7, 11) is 1.58. The molecule has 0 aliphatic rings. The van der Waals surface area contributed by atoms with Crippen LogP contribution in [0.15, 0.2) is 29.3 Å². The molecule has 4 N–H and O–H groups in total. The molecule has 0 radical (unpaired) electrons. The fourth-order valence-electron chi connectivity index (χ4n) is 1.20. The van der Waals surface area contributed by atoms with Crippen molar-refractivity contribution in [3.63, 3.8) is 0 Å². The molecule has 0 bridgehead atoms.